The van der Waals surface area contributed by atoms with Crippen LogP contribution in [0.3, 0.4) is 0 Å². The molecule has 4 heteroatoms. The van der Waals surface area contributed by atoms with E-state index in [4.69, 9.17) is 0 Å². The normalized spacial score (nSPS) is 14.0. The zero-order valence-corrected chi connectivity index (χ0v) is 11.6. The van der Waals surface area contributed by atoms with Gasteiger partial charge in [0.1, 0.15) is 0 Å². The van der Waals surface area contributed by atoms with E-state index >= 15 is 0 Å². The molecule has 0 bridgehead atoms. The quantitative estimate of drug-likeness (QED) is 0.609. The van der Waals surface area contributed by atoms with Crippen LogP contribution in [-0.4, -0.2) is 11.0 Å². The lowest BCUT2D eigenvalue weighted by atomic mass is 10.00. The Morgan fingerprint density at radius 3 is 2.61 bits per heavy atom. The van der Waals surface area contributed by atoms with Crippen LogP contribution in [0.5, 0.6) is 0 Å². The molecule has 100 valence electrons. The van der Waals surface area contributed by atoms with Gasteiger partial charge in [0, 0.05) is 23.4 Å². The van der Waals surface area contributed by atoms with Crippen LogP contribution in [0.15, 0.2) is 18.2 Å². The lowest BCUT2D eigenvalue weighted by molar-refractivity contribution is -0.385. The van der Waals surface area contributed by atoms with Crippen LogP contribution in [0.2, 0.25) is 0 Å². The SMILES string of the molecule is CCC(C)CC(C)Nc1cccc([N+](=O)[O-])c1C. The molecule has 0 aliphatic heterocycles. The van der Waals surface area contributed by atoms with Crippen molar-refractivity contribution in [2.75, 3.05) is 5.32 Å². The van der Waals surface area contributed by atoms with Gasteiger partial charge in [-0.2, -0.15) is 0 Å². The van der Waals surface area contributed by atoms with Gasteiger partial charge in [-0.05, 0) is 32.3 Å². The number of nitro benzene ring substituents is 1. The molecule has 1 aromatic rings. The van der Waals surface area contributed by atoms with Gasteiger partial charge in [0.25, 0.3) is 5.69 Å². The minimum absolute atomic E-state index is 0.177. The van der Waals surface area contributed by atoms with Gasteiger partial charge in [0.15, 0.2) is 0 Å². The maximum absolute atomic E-state index is 10.9. The summed E-state index contributed by atoms with van der Waals surface area (Å²) in [5.74, 6) is 0.659. The molecular weight excluding hydrogens is 228 g/mol. The molecule has 0 fully saturated rings. The van der Waals surface area contributed by atoms with Gasteiger partial charge < -0.3 is 5.32 Å². The molecule has 0 spiro atoms. The smallest absolute Gasteiger partial charge is 0.274 e. The van der Waals surface area contributed by atoms with Crippen molar-refractivity contribution in [3.05, 3.63) is 33.9 Å². The maximum Gasteiger partial charge on any atom is 0.274 e. The molecule has 0 aliphatic rings. The Kier molecular flexibility index (Phi) is 5.13. The second-order valence-corrected chi connectivity index (χ2v) is 5.00. The Bertz CT molecular complexity index is 418. The molecule has 0 saturated carbocycles. The Balaban J connectivity index is 2.79. The standard InChI is InChI=1S/C14H22N2O2/c1-5-10(2)9-11(3)15-13-7-6-8-14(12(13)4)16(17)18/h6-8,10-11,15H,5,9H2,1-4H3. The van der Waals surface area contributed by atoms with E-state index in [2.05, 4.69) is 26.1 Å². The van der Waals surface area contributed by atoms with Crippen molar-refractivity contribution >= 4 is 11.4 Å². The van der Waals surface area contributed by atoms with Crippen LogP contribution >= 0.6 is 0 Å². The minimum atomic E-state index is -0.333. The highest BCUT2D eigenvalue weighted by Crippen LogP contribution is 2.26. The Hall–Kier alpha value is -1.58. The summed E-state index contributed by atoms with van der Waals surface area (Å²) in [6.45, 7) is 8.30. The monoisotopic (exact) mass is 250 g/mol. The van der Waals surface area contributed by atoms with E-state index in [1.165, 1.54) is 0 Å². The molecule has 2 atom stereocenters. The highest BCUT2D eigenvalue weighted by atomic mass is 16.6. The van der Waals surface area contributed by atoms with Crippen LogP contribution in [0.4, 0.5) is 11.4 Å². The largest absolute Gasteiger partial charge is 0.382 e. The molecule has 1 rings (SSSR count). The summed E-state index contributed by atoms with van der Waals surface area (Å²) in [6, 6.07) is 5.49. The van der Waals surface area contributed by atoms with E-state index in [0.717, 1.165) is 18.5 Å². The summed E-state index contributed by atoms with van der Waals surface area (Å²) in [5, 5.41) is 14.2. The van der Waals surface area contributed by atoms with Crippen molar-refractivity contribution in [1.29, 1.82) is 0 Å². The van der Waals surface area contributed by atoms with Crippen LogP contribution in [0, 0.1) is 23.0 Å². The second-order valence-electron chi connectivity index (χ2n) is 5.00. The van der Waals surface area contributed by atoms with Crippen molar-refractivity contribution in [1.82, 2.24) is 0 Å². The molecule has 0 aliphatic carbocycles. The lowest BCUT2D eigenvalue weighted by Gasteiger charge is -2.19. The number of hydrogen-bond donors (Lipinski definition) is 1. The van der Waals surface area contributed by atoms with Crippen molar-refractivity contribution in [3.63, 3.8) is 0 Å². The predicted molar refractivity (Wildman–Crippen MR) is 75.0 cm³/mol. The van der Waals surface area contributed by atoms with Gasteiger partial charge >= 0.3 is 0 Å². The fraction of sp³-hybridized carbons (Fsp3) is 0.571. The van der Waals surface area contributed by atoms with Gasteiger partial charge in [-0.25, -0.2) is 0 Å². The fourth-order valence-electron chi connectivity index (χ4n) is 2.07. The van der Waals surface area contributed by atoms with E-state index in [9.17, 15) is 10.1 Å². The predicted octanol–water partition coefficient (Wildman–Crippen LogP) is 4.14. The molecular formula is C14H22N2O2. The van der Waals surface area contributed by atoms with Crippen LogP contribution in [-0.2, 0) is 0 Å². The fourth-order valence-corrected chi connectivity index (χ4v) is 2.07. The molecule has 2 unspecified atom stereocenters. The molecule has 18 heavy (non-hydrogen) atoms. The van der Waals surface area contributed by atoms with Crippen molar-refractivity contribution in [2.45, 2.75) is 46.6 Å². The molecule has 1 N–H and O–H groups in total. The van der Waals surface area contributed by atoms with Gasteiger partial charge in [-0.1, -0.05) is 26.3 Å². The number of rotatable bonds is 6. The van der Waals surface area contributed by atoms with Gasteiger partial charge in [0.05, 0.1) is 4.92 Å². The summed E-state index contributed by atoms with van der Waals surface area (Å²) in [6.07, 6.45) is 2.22. The van der Waals surface area contributed by atoms with Gasteiger partial charge in [0.2, 0.25) is 0 Å². The van der Waals surface area contributed by atoms with Crippen molar-refractivity contribution in [3.8, 4) is 0 Å². The second kappa shape index (κ2) is 6.38. The topological polar surface area (TPSA) is 55.2 Å². The first-order chi connectivity index (χ1) is 8.45. The number of benzene rings is 1. The Morgan fingerprint density at radius 1 is 1.39 bits per heavy atom. The summed E-state index contributed by atoms with van der Waals surface area (Å²) < 4.78 is 0. The van der Waals surface area contributed by atoms with E-state index in [1.54, 1.807) is 19.1 Å². The van der Waals surface area contributed by atoms with Crippen LogP contribution < -0.4 is 5.32 Å². The number of nitro groups is 1. The average molecular weight is 250 g/mol. The third-order valence-corrected chi connectivity index (χ3v) is 3.36. The molecule has 0 aromatic heterocycles. The molecule has 4 nitrogen and oxygen atoms in total. The molecule has 0 saturated heterocycles. The third kappa shape index (κ3) is 3.72. The Labute approximate surface area is 109 Å². The van der Waals surface area contributed by atoms with Crippen LogP contribution in [0.1, 0.15) is 39.2 Å². The Morgan fingerprint density at radius 2 is 2.06 bits per heavy atom. The number of hydrogen-bond acceptors (Lipinski definition) is 3. The molecule has 0 heterocycles. The summed E-state index contributed by atoms with van der Waals surface area (Å²) in [5.41, 5.74) is 1.74. The first-order valence-electron chi connectivity index (χ1n) is 6.46. The number of nitrogens with one attached hydrogen (secondary N) is 1. The van der Waals surface area contributed by atoms with Gasteiger partial charge in [-0.3, -0.25) is 10.1 Å². The number of nitrogens with zero attached hydrogens (tertiary/aromatic N) is 1. The molecule has 0 amide bonds. The first kappa shape index (κ1) is 14.5. The van der Waals surface area contributed by atoms with Gasteiger partial charge in [-0.15, -0.1) is 0 Å². The maximum atomic E-state index is 10.9. The zero-order chi connectivity index (χ0) is 13.7. The van der Waals surface area contributed by atoms with Crippen molar-refractivity contribution < 1.29 is 4.92 Å². The first-order valence-corrected chi connectivity index (χ1v) is 6.46. The highest BCUT2D eigenvalue weighted by molar-refractivity contribution is 5.60. The van der Waals surface area contributed by atoms with Crippen LogP contribution in [0.25, 0.3) is 0 Å². The minimum Gasteiger partial charge on any atom is -0.382 e. The lowest BCUT2D eigenvalue weighted by Crippen LogP contribution is -2.19. The third-order valence-electron chi connectivity index (χ3n) is 3.36. The number of anilines is 1. The van der Waals surface area contributed by atoms with E-state index in [-0.39, 0.29) is 10.6 Å². The molecule has 0 radical (unpaired) electrons. The van der Waals surface area contributed by atoms with Crippen molar-refractivity contribution in [2.24, 2.45) is 5.92 Å². The van der Waals surface area contributed by atoms with E-state index in [0.29, 0.717) is 17.5 Å². The summed E-state index contributed by atoms with van der Waals surface area (Å²) >= 11 is 0. The zero-order valence-electron chi connectivity index (χ0n) is 11.6. The summed E-state index contributed by atoms with van der Waals surface area (Å²) in [7, 11) is 0. The highest BCUT2D eigenvalue weighted by Gasteiger charge is 2.15. The molecule has 1 aromatic carbocycles. The van der Waals surface area contributed by atoms with E-state index in [1.807, 2.05) is 6.07 Å². The summed E-state index contributed by atoms with van der Waals surface area (Å²) in [4.78, 5) is 10.5. The van der Waals surface area contributed by atoms with E-state index < -0.39 is 0 Å². The average Bonchev–Trinajstić information content (AvgIpc) is 2.31.